The molecule has 0 unspecified atom stereocenters. The molecule has 2 aromatic rings. The van der Waals surface area contributed by atoms with Crippen LogP contribution in [0.3, 0.4) is 0 Å². The Labute approximate surface area is 115 Å². The van der Waals surface area contributed by atoms with Gasteiger partial charge in [0.15, 0.2) is 0 Å². The molecule has 18 heavy (non-hydrogen) atoms. The SMILES string of the molecule is CSCCNC(=O)c1cnc(Cl)c2ccccc12. The molecule has 2 rings (SSSR count). The van der Waals surface area contributed by atoms with Gasteiger partial charge in [-0.3, -0.25) is 4.79 Å². The quantitative estimate of drug-likeness (QED) is 0.691. The highest BCUT2D eigenvalue weighted by atomic mass is 35.5. The zero-order valence-electron chi connectivity index (χ0n) is 9.94. The average Bonchev–Trinajstić information content (AvgIpc) is 2.39. The van der Waals surface area contributed by atoms with E-state index in [-0.39, 0.29) is 5.91 Å². The lowest BCUT2D eigenvalue weighted by Crippen LogP contribution is -2.26. The first kappa shape index (κ1) is 13.2. The molecule has 1 aromatic heterocycles. The van der Waals surface area contributed by atoms with Crippen molar-refractivity contribution in [2.24, 2.45) is 0 Å². The smallest absolute Gasteiger partial charge is 0.253 e. The molecule has 94 valence electrons. The Hall–Kier alpha value is -1.26. The molecule has 3 nitrogen and oxygen atoms in total. The van der Waals surface area contributed by atoms with Gasteiger partial charge in [-0.05, 0) is 11.6 Å². The number of nitrogens with zero attached hydrogens (tertiary/aromatic N) is 1. The molecule has 0 saturated carbocycles. The molecule has 0 spiro atoms. The van der Waals surface area contributed by atoms with Crippen molar-refractivity contribution in [1.82, 2.24) is 10.3 Å². The zero-order chi connectivity index (χ0) is 13.0. The molecule has 1 N–H and O–H groups in total. The van der Waals surface area contributed by atoms with Crippen LogP contribution in [0, 0.1) is 0 Å². The standard InChI is InChI=1S/C13H13ClN2OS/c1-18-7-6-15-13(17)11-8-16-12(14)10-5-3-2-4-9(10)11/h2-5,8H,6-7H2,1H3,(H,15,17). The number of hydrogen-bond donors (Lipinski definition) is 1. The summed E-state index contributed by atoms with van der Waals surface area (Å²) in [5.41, 5.74) is 0.566. The average molecular weight is 281 g/mol. The predicted molar refractivity (Wildman–Crippen MR) is 77.5 cm³/mol. The Bertz CT molecular complexity index is 574. The third kappa shape index (κ3) is 2.76. The maximum atomic E-state index is 12.0. The number of thioether (sulfide) groups is 1. The van der Waals surface area contributed by atoms with E-state index in [1.807, 2.05) is 30.5 Å². The van der Waals surface area contributed by atoms with Crippen LogP contribution < -0.4 is 5.32 Å². The fraction of sp³-hybridized carbons (Fsp3) is 0.231. The summed E-state index contributed by atoms with van der Waals surface area (Å²) in [6, 6.07) is 7.51. The second kappa shape index (κ2) is 6.07. The van der Waals surface area contributed by atoms with Crippen molar-refractivity contribution in [3.8, 4) is 0 Å². The second-order valence-corrected chi connectivity index (χ2v) is 5.10. The highest BCUT2D eigenvalue weighted by Crippen LogP contribution is 2.23. The number of carbonyl (C=O) groups is 1. The van der Waals surface area contributed by atoms with Crippen LogP contribution in [-0.4, -0.2) is 29.4 Å². The van der Waals surface area contributed by atoms with Gasteiger partial charge in [0.05, 0.1) is 5.56 Å². The van der Waals surface area contributed by atoms with Crippen molar-refractivity contribution < 1.29 is 4.79 Å². The number of rotatable bonds is 4. The van der Waals surface area contributed by atoms with Crippen LogP contribution in [0.5, 0.6) is 0 Å². The summed E-state index contributed by atoms with van der Waals surface area (Å²) >= 11 is 7.71. The highest BCUT2D eigenvalue weighted by molar-refractivity contribution is 7.98. The van der Waals surface area contributed by atoms with Crippen molar-refractivity contribution in [2.45, 2.75) is 0 Å². The largest absolute Gasteiger partial charge is 0.351 e. The molecule has 0 aliphatic rings. The van der Waals surface area contributed by atoms with Crippen LogP contribution in [-0.2, 0) is 0 Å². The summed E-state index contributed by atoms with van der Waals surface area (Å²) in [4.78, 5) is 16.1. The third-order valence-electron chi connectivity index (χ3n) is 2.58. The minimum absolute atomic E-state index is 0.107. The normalized spacial score (nSPS) is 10.6. The molecule has 0 atom stereocenters. The van der Waals surface area contributed by atoms with Gasteiger partial charge >= 0.3 is 0 Å². The summed E-state index contributed by atoms with van der Waals surface area (Å²) in [6.45, 7) is 0.650. The molecular formula is C13H13ClN2OS. The number of pyridine rings is 1. The monoisotopic (exact) mass is 280 g/mol. The highest BCUT2D eigenvalue weighted by Gasteiger charge is 2.11. The van der Waals surface area contributed by atoms with Crippen LogP contribution in [0.15, 0.2) is 30.5 Å². The van der Waals surface area contributed by atoms with Crippen molar-refractivity contribution in [2.75, 3.05) is 18.6 Å². The van der Waals surface area contributed by atoms with Gasteiger partial charge < -0.3 is 5.32 Å². The van der Waals surface area contributed by atoms with Gasteiger partial charge in [0, 0.05) is 23.9 Å². The molecule has 0 radical (unpaired) electrons. The van der Waals surface area contributed by atoms with E-state index in [1.165, 1.54) is 6.20 Å². The summed E-state index contributed by atoms with van der Waals surface area (Å²) in [5.74, 6) is 0.787. The third-order valence-corrected chi connectivity index (χ3v) is 3.50. The van der Waals surface area contributed by atoms with Gasteiger partial charge in [-0.15, -0.1) is 0 Å². The fourth-order valence-corrected chi connectivity index (χ4v) is 2.22. The number of fused-ring (bicyclic) bond motifs is 1. The van der Waals surface area contributed by atoms with E-state index in [4.69, 9.17) is 11.6 Å². The number of nitrogens with one attached hydrogen (secondary N) is 1. The molecule has 1 amide bonds. The van der Waals surface area contributed by atoms with Crippen LogP contribution in [0.2, 0.25) is 5.15 Å². The van der Waals surface area contributed by atoms with Crippen molar-refractivity contribution in [3.05, 3.63) is 41.2 Å². The summed E-state index contributed by atoms with van der Waals surface area (Å²) in [5, 5.41) is 4.93. The maximum absolute atomic E-state index is 12.0. The first-order valence-corrected chi connectivity index (χ1v) is 7.31. The van der Waals surface area contributed by atoms with E-state index in [1.54, 1.807) is 11.8 Å². The Morgan fingerprint density at radius 2 is 2.11 bits per heavy atom. The van der Waals surface area contributed by atoms with Crippen LogP contribution in [0.4, 0.5) is 0 Å². The molecule has 1 heterocycles. The van der Waals surface area contributed by atoms with Gasteiger partial charge in [-0.2, -0.15) is 11.8 Å². The van der Waals surface area contributed by atoms with Gasteiger partial charge in [-0.25, -0.2) is 4.98 Å². The number of amides is 1. The summed E-state index contributed by atoms with van der Waals surface area (Å²) in [7, 11) is 0. The molecule has 0 aliphatic heterocycles. The molecular weight excluding hydrogens is 268 g/mol. The molecule has 0 bridgehead atoms. The summed E-state index contributed by atoms with van der Waals surface area (Å²) < 4.78 is 0. The maximum Gasteiger partial charge on any atom is 0.253 e. The molecule has 0 aliphatic carbocycles. The number of hydrogen-bond acceptors (Lipinski definition) is 3. The van der Waals surface area contributed by atoms with Gasteiger partial charge in [0.2, 0.25) is 0 Å². The topological polar surface area (TPSA) is 42.0 Å². The van der Waals surface area contributed by atoms with Crippen LogP contribution >= 0.6 is 23.4 Å². The minimum Gasteiger partial charge on any atom is -0.351 e. The zero-order valence-corrected chi connectivity index (χ0v) is 11.5. The van der Waals surface area contributed by atoms with Gasteiger partial charge in [-0.1, -0.05) is 35.9 Å². The number of aromatic nitrogens is 1. The fourth-order valence-electron chi connectivity index (χ4n) is 1.70. The Morgan fingerprint density at radius 3 is 2.83 bits per heavy atom. The number of halogens is 1. The van der Waals surface area contributed by atoms with Crippen molar-refractivity contribution in [1.29, 1.82) is 0 Å². The van der Waals surface area contributed by atoms with Crippen molar-refractivity contribution in [3.63, 3.8) is 0 Å². The molecule has 0 fully saturated rings. The van der Waals surface area contributed by atoms with E-state index >= 15 is 0 Å². The van der Waals surface area contributed by atoms with Crippen LogP contribution in [0.1, 0.15) is 10.4 Å². The molecule has 1 aromatic carbocycles. The molecule has 0 saturated heterocycles. The first-order valence-electron chi connectivity index (χ1n) is 5.54. The van der Waals surface area contributed by atoms with E-state index in [9.17, 15) is 4.79 Å². The van der Waals surface area contributed by atoms with Crippen LogP contribution in [0.25, 0.3) is 10.8 Å². The van der Waals surface area contributed by atoms with Gasteiger partial charge in [0.25, 0.3) is 5.91 Å². The number of carbonyl (C=O) groups excluding carboxylic acids is 1. The Kier molecular flexibility index (Phi) is 4.44. The molecule has 5 heteroatoms. The van der Waals surface area contributed by atoms with E-state index < -0.39 is 0 Å². The lowest BCUT2D eigenvalue weighted by molar-refractivity contribution is 0.0957. The first-order chi connectivity index (χ1) is 8.74. The second-order valence-electron chi connectivity index (χ2n) is 3.76. The van der Waals surface area contributed by atoms with Gasteiger partial charge in [0.1, 0.15) is 5.15 Å². The Balaban J connectivity index is 2.33. The van der Waals surface area contributed by atoms with E-state index in [2.05, 4.69) is 10.3 Å². The lowest BCUT2D eigenvalue weighted by Gasteiger charge is -2.08. The van der Waals surface area contributed by atoms with Crippen molar-refractivity contribution >= 4 is 40.0 Å². The summed E-state index contributed by atoms with van der Waals surface area (Å²) in [6.07, 6.45) is 3.53. The van der Waals surface area contributed by atoms with E-state index in [0.29, 0.717) is 17.3 Å². The lowest BCUT2D eigenvalue weighted by atomic mass is 10.1. The number of benzene rings is 1. The predicted octanol–water partition coefficient (Wildman–Crippen LogP) is 2.98. The van der Waals surface area contributed by atoms with E-state index in [0.717, 1.165) is 16.5 Å². The minimum atomic E-state index is -0.107. The Morgan fingerprint density at radius 1 is 1.39 bits per heavy atom.